The molecule has 0 amide bonds. The van der Waals surface area contributed by atoms with Crippen molar-refractivity contribution < 1.29 is 19.5 Å². The molecule has 5 nitrogen and oxygen atoms in total. The van der Waals surface area contributed by atoms with Crippen LogP contribution in [0.4, 0.5) is 0 Å². The first kappa shape index (κ1) is 8.25. The minimum Gasteiger partial charge on any atom is -0.481 e. The molecule has 1 aliphatic carbocycles. The number of carboxylic acid groups (broad SMARTS) is 1. The minimum absolute atomic E-state index is 0.240. The van der Waals surface area contributed by atoms with Crippen molar-refractivity contribution in [1.82, 2.24) is 5.16 Å². The largest absolute Gasteiger partial charge is 0.481 e. The fraction of sp³-hybridized carbons (Fsp3) is 0.500. The number of carboxylic acids is 1. The maximum absolute atomic E-state index is 10.7. The van der Waals surface area contributed by atoms with E-state index in [0.717, 1.165) is 0 Å². The molecule has 1 aromatic heterocycles. The standard InChI is InChI=1S/C8H9NO4/c10-6-1-4(8(11)12)2-7-5(6)3-9-13-7/h3-4,6,10H,1-2H2,(H,11,12). The van der Waals surface area contributed by atoms with E-state index in [4.69, 9.17) is 9.63 Å². The zero-order chi connectivity index (χ0) is 9.42. The zero-order valence-electron chi connectivity index (χ0n) is 6.80. The molecule has 0 fully saturated rings. The van der Waals surface area contributed by atoms with Crippen LogP contribution < -0.4 is 0 Å². The molecule has 0 radical (unpaired) electrons. The maximum Gasteiger partial charge on any atom is 0.307 e. The van der Waals surface area contributed by atoms with Crippen molar-refractivity contribution in [3.63, 3.8) is 0 Å². The van der Waals surface area contributed by atoms with Gasteiger partial charge in [-0.15, -0.1) is 0 Å². The van der Waals surface area contributed by atoms with Crippen LogP contribution in [0.1, 0.15) is 23.8 Å². The summed E-state index contributed by atoms with van der Waals surface area (Å²) in [5.41, 5.74) is 0.623. The molecule has 2 atom stereocenters. The maximum atomic E-state index is 10.7. The van der Waals surface area contributed by atoms with Crippen molar-refractivity contribution in [3.8, 4) is 0 Å². The molecule has 5 heteroatoms. The lowest BCUT2D eigenvalue weighted by Crippen LogP contribution is -2.24. The number of nitrogens with zero attached hydrogens (tertiary/aromatic N) is 1. The van der Waals surface area contributed by atoms with E-state index in [1.165, 1.54) is 6.20 Å². The fourth-order valence-corrected chi connectivity index (χ4v) is 1.59. The Labute approximate surface area is 74.0 Å². The zero-order valence-corrected chi connectivity index (χ0v) is 6.80. The van der Waals surface area contributed by atoms with Crippen molar-refractivity contribution in [2.75, 3.05) is 0 Å². The van der Waals surface area contributed by atoms with E-state index < -0.39 is 18.0 Å². The molecule has 0 bridgehead atoms. The van der Waals surface area contributed by atoms with Crippen LogP contribution in [-0.4, -0.2) is 21.3 Å². The van der Waals surface area contributed by atoms with Gasteiger partial charge in [-0.3, -0.25) is 4.79 Å². The summed E-state index contributed by atoms with van der Waals surface area (Å²) in [6, 6.07) is 0. The number of aliphatic carboxylic acids is 1. The molecule has 2 unspecified atom stereocenters. The number of aromatic nitrogens is 1. The molecule has 70 valence electrons. The molecule has 13 heavy (non-hydrogen) atoms. The Bertz CT molecular complexity index is 333. The average Bonchev–Trinajstić information content (AvgIpc) is 2.51. The highest BCUT2D eigenvalue weighted by Crippen LogP contribution is 2.32. The van der Waals surface area contributed by atoms with Crippen LogP contribution in [0.15, 0.2) is 10.7 Å². The number of aliphatic hydroxyl groups is 1. The first-order chi connectivity index (χ1) is 6.18. The second-order valence-electron chi connectivity index (χ2n) is 3.20. The summed E-state index contributed by atoms with van der Waals surface area (Å²) >= 11 is 0. The Morgan fingerprint density at radius 1 is 1.69 bits per heavy atom. The smallest absolute Gasteiger partial charge is 0.307 e. The summed E-state index contributed by atoms with van der Waals surface area (Å²) in [7, 11) is 0. The van der Waals surface area contributed by atoms with Gasteiger partial charge in [0.05, 0.1) is 18.2 Å². The molecular formula is C8H9NO4. The van der Waals surface area contributed by atoms with Crippen molar-refractivity contribution in [1.29, 1.82) is 0 Å². The monoisotopic (exact) mass is 183 g/mol. The van der Waals surface area contributed by atoms with Gasteiger partial charge in [-0.25, -0.2) is 0 Å². The number of aliphatic hydroxyl groups excluding tert-OH is 1. The third-order valence-electron chi connectivity index (χ3n) is 2.32. The third kappa shape index (κ3) is 1.31. The molecule has 0 saturated carbocycles. The van der Waals surface area contributed by atoms with E-state index >= 15 is 0 Å². The molecule has 2 rings (SSSR count). The lowest BCUT2D eigenvalue weighted by atomic mass is 9.87. The Morgan fingerprint density at radius 3 is 3.15 bits per heavy atom. The summed E-state index contributed by atoms with van der Waals surface area (Å²) in [5, 5.41) is 21.8. The molecular weight excluding hydrogens is 174 g/mol. The van der Waals surface area contributed by atoms with Gasteiger partial charge in [-0.05, 0) is 6.42 Å². The van der Waals surface area contributed by atoms with Gasteiger partial charge in [-0.2, -0.15) is 0 Å². The lowest BCUT2D eigenvalue weighted by Gasteiger charge is -2.20. The number of hydrogen-bond acceptors (Lipinski definition) is 4. The average molecular weight is 183 g/mol. The highest BCUT2D eigenvalue weighted by Gasteiger charge is 2.32. The van der Waals surface area contributed by atoms with Gasteiger partial charge < -0.3 is 14.7 Å². The topological polar surface area (TPSA) is 83.6 Å². The van der Waals surface area contributed by atoms with E-state index in [-0.39, 0.29) is 6.42 Å². The Balaban J connectivity index is 2.28. The predicted molar refractivity (Wildman–Crippen MR) is 40.9 cm³/mol. The van der Waals surface area contributed by atoms with Gasteiger partial charge in [0.15, 0.2) is 0 Å². The van der Waals surface area contributed by atoms with E-state index in [1.807, 2.05) is 0 Å². The second-order valence-corrected chi connectivity index (χ2v) is 3.20. The van der Waals surface area contributed by atoms with Gasteiger partial charge in [0, 0.05) is 12.0 Å². The van der Waals surface area contributed by atoms with E-state index in [2.05, 4.69) is 5.16 Å². The quantitative estimate of drug-likeness (QED) is 0.656. The Hall–Kier alpha value is -1.36. The number of rotatable bonds is 1. The summed E-state index contributed by atoms with van der Waals surface area (Å²) in [4.78, 5) is 10.7. The van der Waals surface area contributed by atoms with Gasteiger partial charge in [-0.1, -0.05) is 5.16 Å². The molecule has 1 aliphatic rings. The van der Waals surface area contributed by atoms with Crippen LogP contribution in [0, 0.1) is 5.92 Å². The summed E-state index contributed by atoms with van der Waals surface area (Å²) in [5.74, 6) is -0.970. The van der Waals surface area contributed by atoms with Crippen molar-refractivity contribution in [3.05, 3.63) is 17.5 Å². The lowest BCUT2D eigenvalue weighted by molar-refractivity contribution is -0.143. The van der Waals surface area contributed by atoms with Gasteiger partial charge >= 0.3 is 5.97 Å². The molecule has 0 aliphatic heterocycles. The van der Waals surface area contributed by atoms with Crippen molar-refractivity contribution >= 4 is 5.97 Å². The second kappa shape index (κ2) is 2.85. The van der Waals surface area contributed by atoms with Crippen LogP contribution in [0.2, 0.25) is 0 Å². The van der Waals surface area contributed by atoms with Crippen LogP contribution >= 0.6 is 0 Å². The predicted octanol–water partition coefficient (Wildman–Crippen LogP) is 0.355. The van der Waals surface area contributed by atoms with Gasteiger partial charge in [0.2, 0.25) is 0 Å². The Morgan fingerprint density at radius 2 is 2.46 bits per heavy atom. The van der Waals surface area contributed by atoms with Crippen LogP contribution in [0.25, 0.3) is 0 Å². The summed E-state index contributed by atoms with van der Waals surface area (Å²) < 4.78 is 4.83. The van der Waals surface area contributed by atoms with Crippen LogP contribution in [-0.2, 0) is 11.2 Å². The highest BCUT2D eigenvalue weighted by molar-refractivity contribution is 5.70. The molecule has 2 N–H and O–H groups in total. The SMILES string of the molecule is O=C(O)C1Cc2oncc2C(O)C1. The van der Waals surface area contributed by atoms with Crippen LogP contribution in [0.5, 0.6) is 0 Å². The highest BCUT2D eigenvalue weighted by atomic mass is 16.5. The van der Waals surface area contributed by atoms with E-state index in [9.17, 15) is 9.90 Å². The van der Waals surface area contributed by atoms with Crippen molar-refractivity contribution in [2.24, 2.45) is 5.92 Å². The van der Waals surface area contributed by atoms with Crippen LogP contribution in [0.3, 0.4) is 0 Å². The molecule has 1 aromatic rings. The molecule has 1 heterocycles. The minimum atomic E-state index is -0.902. The fourth-order valence-electron chi connectivity index (χ4n) is 1.59. The van der Waals surface area contributed by atoms with Gasteiger partial charge in [0.25, 0.3) is 0 Å². The van der Waals surface area contributed by atoms with Gasteiger partial charge in [0.1, 0.15) is 5.76 Å². The van der Waals surface area contributed by atoms with E-state index in [0.29, 0.717) is 17.7 Å². The third-order valence-corrected chi connectivity index (χ3v) is 2.32. The molecule has 0 spiro atoms. The first-order valence-electron chi connectivity index (χ1n) is 4.03. The molecule has 0 saturated heterocycles. The first-order valence-corrected chi connectivity index (χ1v) is 4.03. The summed E-state index contributed by atoms with van der Waals surface area (Å²) in [6.07, 6.45) is 1.25. The normalized spacial score (nSPS) is 26.8. The van der Waals surface area contributed by atoms with E-state index in [1.54, 1.807) is 0 Å². The Kier molecular flexibility index (Phi) is 1.81. The number of fused-ring (bicyclic) bond motifs is 1. The number of carbonyl (C=O) groups is 1. The summed E-state index contributed by atoms with van der Waals surface area (Å²) in [6.45, 7) is 0. The molecule has 0 aromatic carbocycles. The van der Waals surface area contributed by atoms with Crippen molar-refractivity contribution in [2.45, 2.75) is 18.9 Å². The number of hydrogen-bond donors (Lipinski definition) is 2.